The first kappa shape index (κ1) is 30.9. The summed E-state index contributed by atoms with van der Waals surface area (Å²) in [6, 6.07) is 7.77. The Labute approximate surface area is 243 Å². The third-order valence-electron chi connectivity index (χ3n) is 7.42. The number of phenolic OH excluding ortho intramolecular Hbond substituents is 2. The van der Waals surface area contributed by atoms with Crippen LogP contribution in [0.3, 0.4) is 0 Å². The molecule has 0 amide bonds. The molecule has 2 saturated heterocycles. The van der Waals surface area contributed by atoms with E-state index in [0.717, 1.165) is 12.1 Å². The molecule has 3 heterocycles. The second-order valence-electron chi connectivity index (χ2n) is 10.3. The van der Waals surface area contributed by atoms with Crippen molar-refractivity contribution < 1.29 is 69.0 Å². The van der Waals surface area contributed by atoms with Gasteiger partial charge in [0.2, 0.25) is 6.29 Å². The van der Waals surface area contributed by atoms with Crippen LogP contribution in [0.5, 0.6) is 23.0 Å². The molecular formula is C28H32O15. The van der Waals surface area contributed by atoms with Gasteiger partial charge < -0.3 is 69.0 Å². The molecule has 2 fully saturated rings. The quantitative estimate of drug-likeness (QED) is 0.159. The lowest BCUT2D eigenvalue weighted by molar-refractivity contribution is -0.354. The summed E-state index contributed by atoms with van der Waals surface area (Å²) in [7, 11) is 1.38. The van der Waals surface area contributed by atoms with Crippen molar-refractivity contribution in [3.05, 3.63) is 46.6 Å². The fourth-order valence-electron chi connectivity index (χ4n) is 5.01. The largest absolute Gasteiger partial charge is 0.507 e. The maximum absolute atomic E-state index is 12.9. The summed E-state index contributed by atoms with van der Waals surface area (Å²) < 4.78 is 33.5. The molecule has 10 atom stereocenters. The molecule has 15 nitrogen and oxygen atoms in total. The number of ether oxygens (including phenoxy) is 5. The van der Waals surface area contributed by atoms with Crippen LogP contribution in [-0.4, -0.2) is 116 Å². The Bertz CT molecular complexity index is 1510. The topological polar surface area (TPSA) is 238 Å². The molecule has 234 valence electrons. The molecule has 0 spiro atoms. The first-order valence-electron chi connectivity index (χ1n) is 13.3. The molecule has 8 N–H and O–H groups in total. The number of aliphatic hydroxyl groups excluding tert-OH is 6. The van der Waals surface area contributed by atoms with E-state index in [9.17, 15) is 45.6 Å². The second-order valence-corrected chi connectivity index (χ2v) is 10.3. The minimum absolute atomic E-state index is 0.0410. The summed E-state index contributed by atoms with van der Waals surface area (Å²) in [4.78, 5) is 12.9. The summed E-state index contributed by atoms with van der Waals surface area (Å²) >= 11 is 0. The fraction of sp³-hybridized carbons (Fsp3) is 0.464. The Hall–Kier alpha value is -3.51. The summed E-state index contributed by atoms with van der Waals surface area (Å²) in [6.45, 7) is 0.687. The Morgan fingerprint density at radius 3 is 2.26 bits per heavy atom. The predicted molar refractivity (Wildman–Crippen MR) is 143 cm³/mol. The third kappa shape index (κ3) is 5.86. The van der Waals surface area contributed by atoms with E-state index < -0.39 is 79.2 Å². The molecule has 43 heavy (non-hydrogen) atoms. The number of hydrogen-bond acceptors (Lipinski definition) is 15. The Balaban J connectivity index is 1.48. The standard InChI is InChI=1S/C28H32O15/c1-10-21(33)23(35)25(37)27(39-10)43-26-24(36)22(34)19(9-29)42-28(26)40-12-6-14(31)20-15(32)8-17(41-18(20)7-12)11-3-4-16(38-2)13(30)5-11/h3-8,10,19,21-31,33-37H,9H2,1-2H3/t10?,19-,21?,22-,23?,24?,25?,26?,27?,28?/m1/s1. The highest BCUT2D eigenvalue weighted by molar-refractivity contribution is 5.86. The van der Waals surface area contributed by atoms with Gasteiger partial charge in [-0.15, -0.1) is 0 Å². The van der Waals surface area contributed by atoms with Crippen molar-refractivity contribution in [2.24, 2.45) is 0 Å². The Morgan fingerprint density at radius 2 is 1.58 bits per heavy atom. The lowest BCUT2D eigenvalue weighted by atomic mass is 9.97. The molecule has 0 bridgehead atoms. The van der Waals surface area contributed by atoms with Crippen LogP contribution in [0.1, 0.15) is 6.92 Å². The molecule has 2 aliphatic heterocycles. The van der Waals surface area contributed by atoms with Gasteiger partial charge in [-0.05, 0) is 25.1 Å². The van der Waals surface area contributed by atoms with Crippen LogP contribution >= 0.6 is 0 Å². The average molecular weight is 609 g/mol. The van der Waals surface area contributed by atoms with Crippen molar-refractivity contribution >= 4 is 11.0 Å². The number of hydrogen-bond donors (Lipinski definition) is 8. The monoisotopic (exact) mass is 608 g/mol. The number of rotatable bonds is 7. The zero-order chi connectivity index (χ0) is 31.2. The lowest BCUT2D eigenvalue weighted by Gasteiger charge is -2.45. The van der Waals surface area contributed by atoms with Crippen LogP contribution in [0.2, 0.25) is 0 Å². The van der Waals surface area contributed by atoms with Crippen LogP contribution in [0.25, 0.3) is 22.3 Å². The number of methoxy groups -OCH3 is 1. The van der Waals surface area contributed by atoms with Gasteiger partial charge in [0.1, 0.15) is 64.9 Å². The number of fused-ring (bicyclic) bond motifs is 1. The summed E-state index contributed by atoms with van der Waals surface area (Å²) in [5.41, 5.74) is -0.414. The van der Waals surface area contributed by atoms with Gasteiger partial charge >= 0.3 is 0 Å². The molecule has 0 saturated carbocycles. The van der Waals surface area contributed by atoms with Crippen LogP contribution in [-0.2, 0) is 14.2 Å². The van der Waals surface area contributed by atoms with Crippen LogP contribution in [0.4, 0.5) is 0 Å². The molecule has 2 aromatic carbocycles. The highest BCUT2D eigenvalue weighted by atomic mass is 16.8. The van der Waals surface area contributed by atoms with Gasteiger partial charge in [-0.3, -0.25) is 4.79 Å². The van der Waals surface area contributed by atoms with Gasteiger partial charge in [-0.25, -0.2) is 0 Å². The van der Waals surface area contributed by atoms with Crippen molar-refractivity contribution in [3.63, 3.8) is 0 Å². The zero-order valence-electron chi connectivity index (χ0n) is 22.9. The van der Waals surface area contributed by atoms with E-state index >= 15 is 0 Å². The van der Waals surface area contributed by atoms with Crippen LogP contribution in [0.15, 0.2) is 45.6 Å². The number of aromatic hydroxyl groups is 2. The van der Waals surface area contributed by atoms with Crippen molar-refractivity contribution in [2.75, 3.05) is 13.7 Å². The Morgan fingerprint density at radius 1 is 0.837 bits per heavy atom. The third-order valence-corrected chi connectivity index (χ3v) is 7.42. The van der Waals surface area contributed by atoms with E-state index in [1.54, 1.807) is 6.07 Å². The van der Waals surface area contributed by atoms with E-state index in [-0.39, 0.29) is 34.0 Å². The number of aliphatic hydroxyl groups is 6. The number of phenols is 2. The van der Waals surface area contributed by atoms with Gasteiger partial charge in [-0.1, -0.05) is 0 Å². The maximum atomic E-state index is 12.9. The normalized spacial score (nSPS) is 32.9. The molecule has 15 heteroatoms. The van der Waals surface area contributed by atoms with Crippen molar-refractivity contribution in [1.29, 1.82) is 0 Å². The van der Waals surface area contributed by atoms with E-state index in [2.05, 4.69) is 0 Å². The fourth-order valence-corrected chi connectivity index (χ4v) is 5.01. The number of benzene rings is 2. The van der Waals surface area contributed by atoms with E-state index in [0.29, 0.717) is 5.56 Å². The first-order valence-corrected chi connectivity index (χ1v) is 13.3. The van der Waals surface area contributed by atoms with Gasteiger partial charge in [-0.2, -0.15) is 0 Å². The molecule has 5 rings (SSSR count). The summed E-state index contributed by atoms with van der Waals surface area (Å²) in [6.07, 6.45) is -15.4. The minimum Gasteiger partial charge on any atom is -0.507 e. The summed E-state index contributed by atoms with van der Waals surface area (Å²) in [5, 5.41) is 82.2. The van der Waals surface area contributed by atoms with E-state index in [4.69, 9.17) is 28.1 Å². The predicted octanol–water partition coefficient (Wildman–Crippen LogP) is -1.09. The van der Waals surface area contributed by atoms with Gasteiger partial charge in [0, 0.05) is 23.8 Å². The molecule has 3 aromatic rings. The molecule has 0 radical (unpaired) electrons. The molecule has 0 aliphatic carbocycles. The smallest absolute Gasteiger partial charge is 0.229 e. The van der Waals surface area contributed by atoms with Crippen molar-refractivity contribution in [1.82, 2.24) is 0 Å². The second kappa shape index (κ2) is 12.2. The molecular weight excluding hydrogens is 576 g/mol. The first-order chi connectivity index (χ1) is 20.4. The highest BCUT2D eigenvalue weighted by Crippen LogP contribution is 2.36. The van der Waals surface area contributed by atoms with Gasteiger partial charge in [0.05, 0.1) is 19.8 Å². The SMILES string of the molecule is COc1ccc(-c2cc(=O)c3c(O)cc(OC4O[C@H](CO)[C@@H](O)C(O)C4OC4OC(C)C(O)C(O)C4O)cc3o2)cc1O. The van der Waals surface area contributed by atoms with Gasteiger partial charge in [0.15, 0.2) is 29.3 Å². The van der Waals surface area contributed by atoms with Gasteiger partial charge in [0.25, 0.3) is 0 Å². The minimum atomic E-state index is -1.77. The van der Waals surface area contributed by atoms with Crippen LogP contribution < -0.4 is 14.9 Å². The van der Waals surface area contributed by atoms with E-state index in [1.165, 1.54) is 32.2 Å². The maximum Gasteiger partial charge on any atom is 0.229 e. The van der Waals surface area contributed by atoms with Crippen molar-refractivity contribution in [2.45, 2.75) is 68.3 Å². The highest BCUT2D eigenvalue weighted by Gasteiger charge is 2.50. The van der Waals surface area contributed by atoms with Crippen LogP contribution in [0, 0.1) is 0 Å². The summed E-state index contributed by atoms with van der Waals surface area (Å²) in [5.74, 6) is -0.653. The van der Waals surface area contributed by atoms with Crippen molar-refractivity contribution in [3.8, 4) is 34.3 Å². The zero-order valence-corrected chi connectivity index (χ0v) is 22.9. The molecule has 1 aromatic heterocycles. The Kier molecular flexibility index (Phi) is 8.80. The molecule has 8 unspecified atom stereocenters. The average Bonchev–Trinajstić information content (AvgIpc) is 2.97. The molecule has 2 aliphatic rings. The van der Waals surface area contributed by atoms with E-state index in [1.807, 2.05) is 0 Å². The lowest BCUT2D eigenvalue weighted by Crippen LogP contribution is -2.64.